The summed E-state index contributed by atoms with van der Waals surface area (Å²) >= 11 is 0. The summed E-state index contributed by atoms with van der Waals surface area (Å²) in [4.78, 5) is 36.6. The molecule has 0 saturated heterocycles. The minimum Gasteiger partial charge on any atom is -0.497 e. The van der Waals surface area contributed by atoms with Crippen molar-refractivity contribution in [1.29, 1.82) is 0 Å². The summed E-state index contributed by atoms with van der Waals surface area (Å²) in [6, 6.07) is 4.70. The van der Waals surface area contributed by atoms with Crippen LogP contribution in [0.15, 0.2) is 18.2 Å². The number of ketones is 1. The first-order valence-electron chi connectivity index (χ1n) is 6.17. The van der Waals surface area contributed by atoms with Crippen molar-refractivity contribution in [1.82, 2.24) is 0 Å². The Balaban J connectivity index is 2.27. The van der Waals surface area contributed by atoms with Crippen LogP contribution in [-0.4, -0.2) is 37.4 Å². The van der Waals surface area contributed by atoms with Crippen molar-refractivity contribution >= 4 is 23.3 Å². The maximum atomic E-state index is 11.9. The molecule has 0 radical (unpaired) electrons. The molecule has 6 heteroatoms. The Hall–Kier alpha value is -2.37. The van der Waals surface area contributed by atoms with Gasteiger partial charge in [-0.3, -0.25) is 19.3 Å². The number of carbonyl (C=O) groups is 3. The summed E-state index contributed by atoms with van der Waals surface area (Å²) in [6.07, 6.45) is -0.272. The van der Waals surface area contributed by atoms with Gasteiger partial charge in [0.2, 0.25) is 0 Å². The van der Waals surface area contributed by atoms with E-state index in [1.807, 2.05) is 0 Å². The van der Waals surface area contributed by atoms with Gasteiger partial charge in [-0.15, -0.1) is 0 Å². The van der Waals surface area contributed by atoms with Gasteiger partial charge in [0.25, 0.3) is 11.7 Å². The molecule has 0 bridgehead atoms. The maximum Gasteiger partial charge on any atom is 0.326 e. The van der Waals surface area contributed by atoms with Crippen LogP contribution in [0.3, 0.4) is 0 Å². The van der Waals surface area contributed by atoms with Crippen molar-refractivity contribution in [3.63, 3.8) is 0 Å². The number of nitrogens with zero attached hydrogens (tertiary/aromatic N) is 1. The van der Waals surface area contributed by atoms with Gasteiger partial charge >= 0.3 is 5.97 Å². The zero-order chi connectivity index (χ0) is 14.9. The molecule has 20 heavy (non-hydrogen) atoms. The Bertz CT molecular complexity index is 579. The van der Waals surface area contributed by atoms with Crippen molar-refractivity contribution in [2.45, 2.75) is 20.0 Å². The number of amides is 1. The summed E-state index contributed by atoms with van der Waals surface area (Å²) in [6.45, 7) is 3.16. The molecule has 0 fully saturated rings. The van der Waals surface area contributed by atoms with Crippen molar-refractivity contribution < 1.29 is 23.9 Å². The topological polar surface area (TPSA) is 72.9 Å². The molecule has 1 aliphatic heterocycles. The van der Waals surface area contributed by atoms with E-state index in [0.717, 1.165) is 4.90 Å². The first-order valence-corrected chi connectivity index (χ1v) is 6.17. The highest BCUT2D eigenvalue weighted by molar-refractivity contribution is 6.52. The van der Waals surface area contributed by atoms with Crippen LogP contribution in [0, 0.1) is 0 Å². The lowest BCUT2D eigenvalue weighted by Gasteiger charge is -2.16. The van der Waals surface area contributed by atoms with E-state index in [2.05, 4.69) is 0 Å². The zero-order valence-corrected chi connectivity index (χ0v) is 11.5. The molecular formula is C14H15NO5. The first-order chi connectivity index (χ1) is 9.43. The molecule has 1 amide bonds. The number of Topliss-reactive ketones (excluding diaryl/α,β-unsaturated/α-hetero) is 1. The highest BCUT2D eigenvalue weighted by Gasteiger charge is 2.37. The molecule has 6 nitrogen and oxygen atoms in total. The highest BCUT2D eigenvalue weighted by Crippen LogP contribution is 2.31. The fourth-order valence-corrected chi connectivity index (χ4v) is 1.99. The Morgan fingerprint density at radius 2 is 2.00 bits per heavy atom. The lowest BCUT2D eigenvalue weighted by Crippen LogP contribution is -2.36. The van der Waals surface area contributed by atoms with E-state index in [1.165, 1.54) is 13.2 Å². The van der Waals surface area contributed by atoms with Crippen molar-refractivity contribution in [2.24, 2.45) is 0 Å². The molecule has 0 saturated carbocycles. The minimum atomic E-state index is -0.728. The third kappa shape index (κ3) is 2.49. The summed E-state index contributed by atoms with van der Waals surface area (Å²) < 4.78 is 10.0. The summed E-state index contributed by atoms with van der Waals surface area (Å²) in [5, 5.41) is 0. The fourth-order valence-electron chi connectivity index (χ4n) is 1.99. The van der Waals surface area contributed by atoms with Gasteiger partial charge < -0.3 is 9.47 Å². The second-order valence-electron chi connectivity index (χ2n) is 4.64. The van der Waals surface area contributed by atoms with Gasteiger partial charge in [-0.25, -0.2) is 0 Å². The van der Waals surface area contributed by atoms with E-state index in [4.69, 9.17) is 9.47 Å². The molecule has 0 unspecified atom stereocenters. The van der Waals surface area contributed by atoms with E-state index in [-0.39, 0.29) is 18.2 Å². The number of ether oxygens (including phenoxy) is 2. The SMILES string of the molecule is COc1ccc2c(c1)C(=O)C(=O)N2CC(=O)OC(C)C. The van der Waals surface area contributed by atoms with Crippen LogP contribution in [0.5, 0.6) is 5.75 Å². The number of fused-ring (bicyclic) bond motifs is 1. The molecule has 1 heterocycles. The number of anilines is 1. The van der Waals surface area contributed by atoms with Crippen LogP contribution < -0.4 is 9.64 Å². The smallest absolute Gasteiger partial charge is 0.326 e. The standard InChI is InChI=1S/C14H15NO5/c1-8(2)20-12(16)7-15-11-5-4-9(19-3)6-10(11)13(17)14(15)18/h4-6,8H,7H2,1-3H3. The Morgan fingerprint density at radius 1 is 1.30 bits per heavy atom. The van der Waals surface area contributed by atoms with Crippen LogP contribution in [0.25, 0.3) is 0 Å². The van der Waals surface area contributed by atoms with E-state index in [0.29, 0.717) is 11.4 Å². The molecule has 0 aliphatic carbocycles. The lowest BCUT2D eigenvalue weighted by atomic mass is 10.1. The molecule has 2 rings (SSSR count). The Kier molecular flexibility index (Phi) is 3.74. The van der Waals surface area contributed by atoms with E-state index >= 15 is 0 Å². The van der Waals surface area contributed by atoms with Gasteiger partial charge in [-0.1, -0.05) is 0 Å². The quantitative estimate of drug-likeness (QED) is 0.610. The van der Waals surface area contributed by atoms with Gasteiger partial charge in [0.05, 0.1) is 24.5 Å². The second kappa shape index (κ2) is 5.32. The largest absolute Gasteiger partial charge is 0.497 e. The molecule has 1 aliphatic rings. The maximum absolute atomic E-state index is 11.9. The molecule has 0 atom stereocenters. The van der Waals surface area contributed by atoms with Crippen LogP contribution >= 0.6 is 0 Å². The molecule has 0 spiro atoms. The van der Waals surface area contributed by atoms with Crippen LogP contribution in [0.1, 0.15) is 24.2 Å². The highest BCUT2D eigenvalue weighted by atomic mass is 16.5. The third-order valence-corrected chi connectivity index (χ3v) is 2.83. The molecule has 106 valence electrons. The first kappa shape index (κ1) is 14.0. The van der Waals surface area contributed by atoms with E-state index in [1.54, 1.807) is 26.0 Å². The normalized spacial score (nSPS) is 13.7. The number of methoxy groups -OCH3 is 1. The Labute approximate surface area is 116 Å². The van der Waals surface area contributed by atoms with Crippen molar-refractivity contribution in [2.75, 3.05) is 18.6 Å². The molecule has 1 aromatic rings. The number of hydrogen-bond donors (Lipinski definition) is 0. The fraction of sp³-hybridized carbons (Fsp3) is 0.357. The molecule has 0 N–H and O–H groups in total. The average molecular weight is 277 g/mol. The van der Waals surface area contributed by atoms with Gasteiger partial charge in [0, 0.05) is 0 Å². The molecule has 0 aromatic heterocycles. The number of esters is 1. The summed E-state index contributed by atoms with van der Waals surface area (Å²) in [7, 11) is 1.47. The van der Waals surface area contributed by atoms with E-state index < -0.39 is 17.7 Å². The molecular weight excluding hydrogens is 262 g/mol. The van der Waals surface area contributed by atoms with Crippen LogP contribution in [0.2, 0.25) is 0 Å². The number of hydrogen-bond acceptors (Lipinski definition) is 5. The van der Waals surface area contributed by atoms with Gasteiger partial charge in [0.15, 0.2) is 0 Å². The number of carbonyl (C=O) groups excluding carboxylic acids is 3. The monoisotopic (exact) mass is 277 g/mol. The minimum absolute atomic E-state index is 0.242. The van der Waals surface area contributed by atoms with Gasteiger partial charge in [-0.05, 0) is 32.0 Å². The van der Waals surface area contributed by atoms with Crippen LogP contribution in [0.4, 0.5) is 5.69 Å². The third-order valence-electron chi connectivity index (χ3n) is 2.83. The predicted molar refractivity (Wildman–Crippen MR) is 70.9 cm³/mol. The van der Waals surface area contributed by atoms with Gasteiger partial charge in [0.1, 0.15) is 12.3 Å². The van der Waals surface area contributed by atoms with Gasteiger partial charge in [-0.2, -0.15) is 0 Å². The van der Waals surface area contributed by atoms with Crippen molar-refractivity contribution in [3.8, 4) is 5.75 Å². The number of rotatable bonds is 4. The lowest BCUT2D eigenvalue weighted by molar-refractivity contribution is -0.146. The molecule has 1 aromatic carbocycles. The summed E-state index contributed by atoms with van der Waals surface area (Å²) in [5.74, 6) is -1.44. The summed E-state index contributed by atoms with van der Waals surface area (Å²) in [5.41, 5.74) is 0.646. The zero-order valence-electron chi connectivity index (χ0n) is 11.5. The average Bonchev–Trinajstić information content (AvgIpc) is 2.62. The second-order valence-corrected chi connectivity index (χ2v) is 4.64. The van der Waals surface area contributed by atoms with E-state index in [9.17, 15) is 14.4 Å². The van der Waals surface area contributed by atoms with Crippen molar-refractivity contribution in [3.05, 3.63) is 23.8 Å². The Morgan fingerprint density at radius 3 is 2.60 bits per heavy atom. The predicted octanol–water partition coefficient (Wildman–Crippen LogP) is 1.18. The number of benzene rings is 1. The van der Waals surface area contributed by atoms with Crippen LogP contribution in [-0.2, 0) is 14.3 Å².